The standard InChI is InChI=1S/C10H10ClNOS/c1-12-9(13)5-6-14-8-4-2-3-7(11)10(8)12/h2-4H,5-6H2,1H3. The van der Waals surface area contributed by atoms with E-state index in [2.05, 4.69) is 0 Å². The molecule has 2 rings (SSSR count). The quantitative estimate of drug-likeness (QED) is 0.679. The maximum Gasteiger partial charge on any atom is 0.227 e. The van der Waals surface area contributed by atoms with E-state index in [-0.39, 0.29) is 5.91 Å². The third kappa shape index (κ3) is 1.62. The molecule has 1 amide bonds. The summed E-state index contributed by atoms with van der Waals surface area (Å²) in [6, 6.07) is 5.73. The Kier molecular flexibility index (Phi) is 2.70. The lowest BCUT2D eigenvalue weighted by Gasteiger charge is -2.18. The lowest BCUT2D eigenvalue weighted by Crippen LogP contribution is -2.25. The Morgan fingerprint density at radius 2 is 2.29 bits per heavy atom. The Hall–Kier alpha value is -0.670. The maximum absolute atomic E-state index is 11.6. The van der Waals surface area contributed by atoms with Gasteiger partial charge >= 0.3 is 0 Å². The van der Waals surface area contributed by atoms with Crippen LogP contribution in [0.25, 0.3) is 0 Å². The van der Waals surface area contributed by atoms with Crippen LogP contribution in [0.3, 0.4) is 0 Å². The summed E-state index contributed by atoms with van der Waals surface area (Å²) in [6.45, 7) is 0. The van der Waals surface area contributed by atoms with Crippen molar-refractivity contribution in [3.8, 4) is 0 Å². The van der Waals surface area contributed by atoms with Crippen LogP contribution >= 0.6 is 23.4 Å². The first-order valence-electron chi connectivity index (χ1n) is 4.38. The first-order valence-corrected chi connectivity index (χ1v) is 5.74. The van der Waals surface area contributed by atoms with E-state index < -0.39 is 0 Å². The van der Waals surface area contributed by atoms with E-state index in [1.807, 2.05) is 18.2 Å². The Labute approximate surface area is 92.2 Å². The number of para-hydroxylation sites is 1. The summed E-state index contributed by atoms with van der Waals surface area (Å²) in [7, 11) is 1.78. The highest BCUT2D eigenvalue weighted by Crippen LogP contribution is 2.38. The fourth-order valence-electron chi connectivity index (χ4n) is 1.48. The molecule has 1 aromatic carbocycles. The number of rotatable bonds is 0. The molecule has 0 unspecified atom stereocenters. The lowest BCUT2D eigenvalue weighted by atomic mass is 10.3. The minimum Gasteiger partial charge on any atom is -0.313 e. The number of halogens is 1. The molecule has 0 atom stereocenters. The highest BCUT2D eigenvalue weighted by atomic mass is 35.5. The molecule has 2 nitrogen and oxygen atoms in total. The molecule has 1 aliphatic heterocycles. The number of hydrogen-bond donors (Lipinski definition) is 0. The zero-order valence-corrected chi connectivity index (χ0v) is 9.36. The molecule has 0 bridgehead atoms. The molecule has 1 aliphatic rings. The molecule has 14 heavy (non-hydrogen) atoms. The molecule has 1 aromatic rings. The van der Waals surface area contributed by atoms with Gasteiger partial charge in [0, 0.05) is 24.1 Å². The second kappa shape index (κ2) is 3.83. The van der Waals surface area contributed by atoms with Gasteiger partial charge in [0.05, 0.1) is 10.7 Å². The number of hydrogen-bond acceptors (Lipinski definition) is 2. The fourth-order valence-corrected chi connectivity index (χ4v) is 2.89. The lowest BCUT2D eigenvalue weighted by molar-refractivity contribution is -0.117. The van der Waals surface area contributed by atoms with Crippen LogP contribution in [0, 0.1) is 0 Å². The Morgan fingerprint density at radius 1 is 1.50 bits per heavy atom. The topological polar surface area (TPSA) is 20.3 Å². The first-order chi connectivity index (χ1) is 6.70. The number of amides is 1. The van der Waals surface area contributed by atoms with Gasteiger partial charge in [-0.15, -0.1) is 11.8 Å². The number of anilines is 1. The molecule has 0 spiro atoms. The van der Waals surface area contributed by atoms with Crippen LogP contribution in [0.15, 0.2) is 23.1 Å². The van der Waals surface area contributed by atoms with Crippen molar-refractivity contribution in [2.75, 3.05) is 17.7 Å². The molecule has 74 valence electrons. The number of carbonyl (C=O) groups excluding carboxylic acids is 1. The average Bonchev–Trinajstić information content (AvgIpc) is 2.29. The second-order valence-corrected chi connectivity index (χ2v) is 4.68. The van der Waals surface area contributed by atoms with Crippen molar-refractivity contribution in [1.82, 2.24) is 0 Å². The third-order valence-corrected chi connectivity index (χ3v) is 3.59. The van der Waals surface area contributed by atoms with Gasteiger partial charge in [0.25, 0.3) is 0 Å². The van der Waals surface area contributed by atoms with Gasteiger partial charge in [0.15, 0.2) is 0 Å². The van der Waals surface area contributed by atoms with Gasteiger partial charge in [-0.3, -0.25) is 4.79 Å². The van der Waals surface area contributed by atoms with Gasteiger partial charge < -0.3 is 4.90 Å². The highest BCUT2D eigenvalue weighted by Gasteiger charge is 2.21. The van der Waals surface area contributed by atoms with Crippen molar-refractivity contribution in [3.05, 3.63) is 23.2 Å². The van der Waals surface area contributed by atoms with Crippen molar-refractivity contribution >= 4 is 35.0 Å². The van der Waals surface area contributed by atoms with E-state index in [1.165, 1.54) is 0 Å². The van der Waals surface area contributed by atoms with Crippen LogP contribution in [0.2, 0.25) is 5.02 Å². The van der Waals surface area contributed by atoms with Gasteiger partial charge in [0.2, 0.25) is 5.91 Å². The maximum atomic E-state index is 11.6. The van der Waals surface area contributed by atoms with Crippen molar-refractivity contribution in [1.29, 1.82) is 0 Å². The number of fused-ring (bicyclic) bond motifs is 1. The van der Waals surface area contributed by atoms with Gasteiger partial charge in [-0.25, -0.2) is 0 Å². The predicted molar refractivity (Wildman–Crippen MR) is 60.2 cm³/mol. The van der Waals surface area contributed by atoms with Crippen LogP contribution in [0.4, 0.5) is 5.69 Å². The van der Waals surface area contributed by atoms with Gasteiger partial charge in [-0.1, -0.05) is 17.7 Å². The number of nitrogens with zero attached hydrogens (tertiary/aromatic N) is 1. The monoisotopic (exact) mass is 227 g/mol. The summed E-state index contributed by atoms with van der Waals surface area (Å²) in [4.78, 5) is 14.3. The number of carbonyl (C=O) groups is 1. The minimum atomic E-state index is 0.129. The molecule has 1 heterocycles. The summed E-state index contributed by atoms with van der Waals surface area (Å²) >= 11 is 7.75. The van der Waals surface area contributed by atoms with E-state index in [0.717, 1.165) is 16.3 Å². The molecular weight excluding hydrogens is 218 g/mol. The van der Waals surface area contributed by atoms with E-state index in [9.17, 15) is 4.79 Å². The first kappa shape index (κ1) is 9.87. The largest absolute Gasteiger partial charge is 0.313 e. The molecule has 4 heteroatoms. The van der Waals surface area contributed by atoms with Crippen LogP contribution < -0.4 is 4.90 Å². The zero-order chi connectivity index (χ0) is 10.1. The van der Waals surface area contributed by atoms with Crippen LogP contribution in [-0.4, -0.2) is 18.7 Å². The molecule has 0 saturated carbocycles. The van der Waals surface area contributed by atoms with E-state index in [1.54, 1.807) is 23.7 Å². The molecule has 0 aliphatic carbocycles. The SMILES string of the molecule is CN1C(=O)CCSc2cccc(Cl)c21. The van der Waals surface area contributed by atoms with Crippen LogP contribution in [-0.2, 0) is 4.79 Å². The van der Waals surface area contributed by atoms with E-state index >= 15 is 0 Å². The van der Waals surface area contributed by atoms with Crippen molar-refractivity contribution in [2.24, 2.45) is 0 Å². The zero-order valence-electron chi connectivity index (χ0n) is 7.79. The molecule has 0 N–H and O–H groups in total. The average molecular weight is 228 g/mol. The van der Waals surface area contributed by atoms with Crippen LogP contribution in [0.5, 0.6) is 0 Å². The fraction of sp³-hybridized carbons (Fsp3) is 0.300. The summed E-state index contributed by atoms with van der Waals surface area (Å²) in [5, 5.41) is 0.646. The van der Waals surface area contributed by atoms with Gasteiger partial charge in [0.1, 0.15) is 0 Å². The summed E-state index contributed by atoms with van der Waals surface area (Å²) in [6.07, 6.45) is 0.576. The second-order valence-electron chi connectivity index (χ2n) is 3.14. The Bertz CT molecular complexity index is 380. The van der Waals surface area contributed by atoms with Crippen molar-refractivity contribution in [3.63, 3.8) is 0 Å². The van der Waals surface area contributed by atoms with E-state index in [4.69, 9.17) is 11.6 Å². The van der Waals surface area contributed by atoms with Gasteiger partial charge in [-0.2, -0.15) is 0 Å². The summed E-state index contributed by atoms with van der Waals surface area (Å²) in [5.74, 6) is 0.959. The molecule has 0 aromatic heterocycles. The van der Waals surface area contributed by atoms with Crippen molar-refractivity contribution in [2.45, 2.75) is 11.3 Å². The summed E-state index contributed by atoms with van der Waals surface area (Å²) < 4.78 is 0. The molecular formula is C10H10ClNOS. The van der Waals surface area contributed by atoms with Crippen LogP contribution in [0.1, 0.15) is 6.42 Å². The summed E-state index contributed by atoms with van der Waals surface area (Å²) in [5.41, 5.74) is 0.849. The highest BCUT2D eigenvalue weighted by molar-refractivity contribution is 7.99. The molecule has 0 fully saturated rings. The smallest absolute Gasteiger partial charge is 0.227 e. The minimum absolute atomic E-state index is 0.129. The van der Waals surface area contributed by atoms with E-state index in [0.29, 0.717) is 11.4 Å². The normalized spacial score (nSPS) is 16.4. The number of thioether (sulfide) groups is 1. The predicted octanol–water partition coefficient (Wildman–Crippen LogP) is 2.80. The third-order valence-electron chi connectivity index (χ3n) is 2.23. The Morgan fingerprint density at radius 3 is 3.07 bits per heavy atom. The number of benzene rings is 1. The Balaban J connectivity index is 2.55. The molecule has 0 saturated heterocycles. The van der Waals surface area contributed by atoms with Gasteiger partial charge in [-0.05, 0) is 12.1 Å². The molecule has 0 radical (unpaired) electrons. The van der Waals surface area contributed by atoms with Crippen molar-refractivity contribution < 1.29 is 4.79 Å².